The Morgan fingerprint density at radius 1 is 1.44 bits per heavy atom. The highest BCUT2D eigenvalue weighted by Gasteiger charge is 2.29. The first-order chi connectivity index (χ1) is 12.8. The molecule has 1 aliphatic heterocycles. The number of ether oxygens (including phenoxy) is 1. The number of fused-ring (bicyclic) bond motifs is 1. The molecule has 3 rings (SSSR count). The van der Waals surface area contributed by atoms with Gasteiger partial charge in [0.05, 0.1) is 16.0 Å². The number of rotatable bonds is 5. The van der Waals surface area contributed by atoms with Crippen LogP contribution in [-0.4, -0.2) is 32.4 Å². The molecule has 27 heavy (non-hydrogen) atoms. The van der Waals surface area contributed by atoms with Gasteiger partial charge in [-0.15, -0.1) is 11.3 Å². The number of nitrogens with one attached hydrogen (secondary N) is 1. The fraction of sp³-hybridized carbons (Fsp3) is 0.176. The molecule has 0 atom stereocenters. The Bertz CT molecular complexity index is 1050. The van der Waals surface area contributed by atoms with Crippen molar-refractivity contribution in [3.8, 4) is 11.6 Å². The zero-order valence-electron chi connectivity index (χ0n) is 13.7. The molecule has 1 aromatic carbocycles. The van der Waals surface area contributed by atoms with E-state index >= 15 is 0 Å². The maximum atomic E-state index is 12.7. The minimum absolute atomic E-state index is 0.00448. The average molecular weight is 469 g/mol. The SMILES string of the molecule is N=C1Oc2ccc(Br)cc2C(=O)/C1=C\c1sc(=S)n(CCCC(=O)O)c1O. The number of carboxylic acids is 1. The number of hydrogen-bond acceptors (Lipinski definition) is 7. The molecule has 1 aliphatic rings. The summed E-state index contributed by atoms with van der Waals surface area (Å²) in [7, 11) is 0. The third kappa shape index (κ3) is 4.02. The van der Waals surface area contributed by atoms with Gasteiger partial charge in [0.25, 0.3) is 0 Å². The van der Waals surface area contributed by atoms with Gasteiger partial charge >= 0.3 is 5.97 Å². The molecule has 2 heterocycles. The normalized spacial score (nSPS) is 14.9. The Hall–Kier alpha value is -2.30. The molecule has 0 radical (unpaired) electrons. The number of Topliss-reactive ketones (excluding diaryl/α,β-unsaturated/α-hetero) is 1. The molecule has 0 saturated carbocycles. The molecule has 2 aromatic rings. The van der Waals surface area contributed by atoms with E-state index in [1.54, 1.807) is 18.2 Å². The molecule has 0 bridgehead atoms. The summed E-state index contributed by atoms with van der Waals surface area (Å²) in [5.41, 5.74) is 0.320. The quantitative estimate of drug-likeness (QED) is 0.446. The Balaban J connectivity index is 1.95. The third-order valence-electron chi connectivity index (χ3n) is 3.83. The fourth-order valence-electron chi connectivity index (χ4n) is 2.54. The molecule has 0 spiro atoms. The van der Waals surface area contributed by atoms with Crippen molar-refractivity contribution in [2.45, 2.75) is 19.4 Å². The topological polar surface area (TPSA) is 113 Å². The number of aliphatic carboxylic acids is 1. The van der Waals surface area contributed by atoms with E-state index in [1.165, 1.54) is 10.6 Å². The number of aromatic nitrogens is 1. The minimum atomic E-state index is -0.929. The van der Waals surface area contributed by atoms with Crippen LogP contribution in [0, 0.1) is 9.36 Å². The first kappa shape index (κ1) is 19.5. The fourth-order valence-corrected chi connectivity index (χ4v) is 4.20. The van der Waals surface area contributed by atoms with Crippen molar-refractivity contribution in [1.29, 1.82) is 5.41 Å². The highest BCUT2D eigenvalue weighted by molar-refractivity contribution is 9.10. The monoisotopic (exact) mass is 468 g/mol. The molecule has 3 N–H and O–H groups in total. The maximum Gasteiger partial charge on any atom is 0.303 e. The summed E-state index contributed by atoms with van der Waals surface area (Å²) in [5.74, 6) is -1.50. The van der Waals surface area contributed by atoms with Crippen LogP contribution in [0.25, 0.3) is 6.08 Å². The van der Waals surface area contributed by atoms with E-state index in [9.17, 15) is 14.7 Å². The first-order valence-corrected chi connectivity index (χ1v) is 9.77. The maximum absolute atomic E-state index is 12.7. The number of benzene rings is 1. The largest absolute Gasteiger partial charge is 0.493 e. The Kier molecular flexibility index (Phi) is 5.59. The van der Waals surface area contributed by atoms with E-state index in [4.69, 9.17) is 27.5 Å². The third-order valence-corrected chi connectivity index (χ3v) is 5.71. The number of carbonyl (C=O) groups excluding carboxylic acids is 1. The predicted molar refractivity (Wildman–Crippen MR) is 106 cm³/mol. The lowest BCUT2D eigenvalue weighted by Gasteiger charge is -2.19. The molecule has 0 unspecified atom stereocenters. The molecule has 0 amide bonds. The van der Waals surface area contributed by atoms with Gasteiger partial charge in [0.2, 0.25) is 17.6 Å². The van der Waals surface area contributed by atoms with Gasteiger partial charge < -0.3 is 14.9 Å². The number of ketones is 1. The van der Waals surface area contributed by atoms with Crippen molar-refractivity contribution in [2.75, 3.05) is 0 Å². The van der Waals surface area contributed by atoms with Crippen LogP contribution < -0.4 is 4.74 Å². The average Bonchev–Trinajstić information content (AvgIpc) is 2.86. The second-order valence-electron chi connectivity index (χ2n) is 5.66. The lowest BCUT2D eigenvalue weighted by atomic mass is 9.99. The Morgan fingerprint density at radius 2 is 2.19 bits per heavy atom. The molecule has 140 valence electrons. The van der Waals surface area contributed by atoms with Gasteiger partial charge in [-0.3, -0.25) is 19.6 Å². The van der Waals surface area contributed by atoms with Gasteiger partial charge in [-0.1, -0.05) is 15.9 Å². The van der Waals surface area contributed by atoms with E-state index in [0.717, 1.165) is 11.3 Å². The number of carbonyl (C=O) groups is 2. The molecule has 0 fully saturated rings. The van der Waals surface area contributed by atoms with E-state index in [-0.39, 0.29) is 30.3 Å². The van der Waals surface area contributed by atoms with Crippen molar-refractivity contribution in [3.05, 3.63) is 42.6 Å². The first-order valence-electron chi connectivity index (χ1n) is 7.75. The summed E-state index contributed by atoms with van der Waals surface area (Å²) in [4.78, 5) is 23.7. The molecule has 7 nitrogen and oxygen atoms in total. The Morgan fingerprint density at radius 3 is 2.89 bits per heavy atom. The number of hydrogen-bond donors (Lipinski definition) is 3. The second kappa shape index (κ2) is 7.75. The molecule has 1 aromatic heterocycles. The summed E-state index contributed by atoms with van der Waals surface area (Å²) in [6.45, 7) is 0.244. The highest BCUT2D eigenvalue weighted by Crippen LogP contribution is 2.34. The van der Waals surface area contributed by atoms with Crippen molar-refractivity contribution in [3.63, 3.8) is 0 Å². The van der Waals surface area contributed by atoms with E-state index in [0.29, 0.717) is 31.0 Å². The predicted octanol–water partition coefficient (Wildman–Crippen LogP) is 4.25. The lowest BCUT2D eigenvalue weighted by Crippen LogP contribution is -2.24. The summed E-state index contributed by atoms with van der Waals surface area (Å²) < 4.78 is 7.88. The van der Waals surface area contributed by atoms with Crippen LogP contribution in [0.15, 0.2) is 28.2 Å². The van der Waals surface area contributed by atoms with Crippen LogP contribution in [0.3, 0.4) is 0 Å². The lowest BCUT2D eigenvalue weighted by molar-refractivity contribution is -0.137. The Labute approximate surface area is 171 Å². The number of aromatic hydroxyl groups is 1. The zero-order valence-corrected chi connectivity index (χ0v) is 16.9. The van der Waals surface area contributed by atoms with Gasteiger partial charge in [0.1, 0.15) is 5.75 Å². The minimum Gasteiger partial charge on any atom is -0.493 e. The number of carboxylic acid groups (broad SMARTS) is 1. The van der Waals surface area contributed by atoms with Gasteiger partial charge in [-0.2, -0.15) is 0 Å². The molecule has 10 heteroatoms. The summed E-state index contributed by atoms with van der Waals surface area (Å²) >= 11 is 9.59. The van der Waals surface area contributed by atoms with Crippen molar-refractivity contribution in [2.24, 2.45) is 0 Å². The second-order valence-corrected chi connectivity index (χ2v) is 8.26. The molecular formula is C17H13BrN2O5S2. The van der Waals surface area contributed by atoms with Crippen molar-refractivity contribution >= 4 is 63.2 Å². The van der Waals surface area contributed by atoms with Gasteiger partial charge in [-0.05, 0) is 42.9 Å². The highest BCUT2D eigenvalue weighted by atomic mass is 79.9. The summed E-state index contributed by atoms with van der Waals surface area (Å²) in [6.07, 6.45) is 1.64. The molecular weight excluding hydrogens is 456 g/mol. The standard InChI is InChI=1S/C17H13BrN2O5S2/c18-8-3-4-11-9(6-8)14(23)10(15(19)25-11)7-12-16(24)20(17(26)27-12)5-1-2-13(21)22/h3-4,6-7,19,24H,1-2,5H2,(H,21,22)/b10-7+,19-15?. The number of thiazole rings is 1. The van der Waals surface area contributed by atoms with Crippen LogP contribution >= 0.6 is 39.5 Å². The van der Waals surface area contributed by atoms with Crippen LogP contribution in [-0.2, 0) is 11.3 Å². The number of nitrogens with zero attached hydrogens (tertiary/aromatic N) is 1. The van der Waals surface area contributed by atoms with Crippen molar-refractivity contribution in [1.82, 2.24) is 4.57 Å². The van der Waals surface area contributed by atoms with Crippen LogP contribution in [0.5, 0.6) is 11.6 Å². The van der Waals surface area contributed by atoms with Gasteiger partial charge in [0.15, 0.2) is 3.95 Å². The smallest absolute Gasteiger partial charge is 0.303 e. The van der Waals surface area contributed by atoms with Crippen LogP contribution in [0.2, 0.25) is 0 Å². The number of halogens is 1. The van der Waals surface area contributed by atoms with E-state index in [2.05, 4.69) is 15.9 Å². The van der Waals surface area contributed by atoms with Crippen molar-refractivity contribution < 1.29 is 24.5 Å². The van der Waals surface area contributed by atoms with Crippen LogP contribution in [0.4, 0.5) is 0 Å². The molecule has 0 saturated heterocycles. The summed E-state index contributed by atoms with van der Waals surface area (Å²) in [6, 6.07) is 4.92. The summed E-state index contributed by atoms with van der Waals surface area (Å²) in [5, 5.41) is 27.1. The van der Waals surface area contributed by atoms with Crippen LogP contribution in [0.1, 0.15) is 28.1 Å². The van der Waals surface area contributed by atoms with E-state index in [1.807, 2.05) is 0 Å². The van der Waals surface area contributed by atoms with E-state index < -0.39 is 11.8 Å². The van der Waals surface area contributed by atoms with Gasteiger partial charge in [0, 0.05) is 17.4 Å². The molecule has 0 aliphatic carbocycles. The zero-order chi connectivity index (χ0) is 19.7. The van der Waals surface area contributed by atoms with Gasteiger partial charge in [-0.25, -0.2) is 0 Å².